The Bertz CT molecular complexity index is 1940. The van der Waals surface area contributed by atoms with Crippen LogP contribution in [0.4, 0.5) is 0 Å². The average Bonchev–Trinajstić information content (AvgIpc) is 3.07. The van der Waals surface area contributed by atoms with Crippen LogP contribution in [0.25, 0.3) is 16.7 Å². The van der Waals surface area contributed by atoms with E-state index in [0.717, 1.165) is 37.7 Å². The maximum absolute atomic E-state index is 13.9. The van der Waals surface area contributed by atoms with Crippen LogP contribution in [0.2, 0.25) is 0 Å². The molecule has 2 N–H and O–H groups in total. The van der Waals surface area contributed by atoms with E-state index in [9.17, 15) is 19.2 Å². The number of nitrogens with one attached hydrogen (secondary N) is 2. The molecule has 2 heterocycles. The average molecular weight is 647 g/mol. The standard InChI is InChI=1S/C39H42N4O5/c1-38(2,3)37(47)42-39-20-24-17-26(21-39)31(27(18-24)22-39)41-35(45)25-14-12-23(13-15-25)19-30-32(36(46)48-4)43(28-9-6-5-7-10-28)34-29(33(30)44)11-8-16-40-34/h5-16,24,26-27,31H,17-22H2,1-4H3,(H,41,45)(H,42,47)/t24?,26-,27?,31?,39?/m1/s1. The number of hydrogen-bond donors (Lipinski definition) is 2. The normalized spacial score (nSPS) is 24.3. The van der Waals surface area contributed by atoms with Crippen molar-refractivity contribution in [2.45, 2.75) is 70.9 Å². The van der Waals surface area contributed by atoms with Crippen LogP contribution in [0.1, 0.15) is 84.8 Å². The molecule has 2 amide bonds. The minimum atomic E-state index is -0.634. The lowest BCUT2D eigenvalue weighted by molar-refractivity contribution is -0.135. The Hall–Kier alpha value is -4.79. The number of esters is 1. The van der Waals surface area contributed by atoms with Gasteiger partial charge in [-0.1, -0.05) is 51.1 Å². The maximum Gasteiger partial charge on any atom is 0.355 e. The van der Waals surface area contributed by atoms with E-state index in [1.54, 1.807) is 35.0 Å². The second kappa shape index (κ2) is 12.0. The quantitative estimate of drug-likeness (QED) is 0.252. The fourth-order valence-electron chi connectivity index (χ4n) is 8.62. The van der Waals surface area contributed by atoms with Gasteiger partial charge in [0.1, 0.15) is 11.3 Å². The first-order chi connectivity index (χ1) is 23.0. The molecule has 9 nitrogen and oxygen atoms in total. The third kappa shape index (κ3) is 5.69. The molecule has 9 heteroatoms. The summed E-state index contributed by atoms with van der Waals surface area (Å²) in [4.78, 5) is 58.1. The molecule has 2 aromatic carbocycles. The van der Waals surface area contributed by atoms with E-state index in [2.05, 4.69) is 15.6 Å². The van der Waals surface area contributed by atoms with Crippen molar-refractivity contribution in [2.24, 2.45) is 23.2 Å². The van der Waals surface area contributed by atoms with Gasteiger partial charge in [0.25, 0.3) is 5.91 Å². The summed E-state index contributed by atoms with van der Waals surface area (Å²) in [7, 11) is 1.30. The molecule has 0 spiro atoms. The number of amides is 2. The molecule has 0 aliphatic heterocycles. The summed E-state index contributed by atoms with van der Waals surface area (Å²) in [5.41, 5.74) is 1.91. The summed E-state index contributed by atoms with van der Waals surface area (Å²) < 4.78 is 6.87. The van der Waals surface area contributed by atoms with Crippen LogP contribution in [0.5, 0.6) is 0 Å². The van der Waals surface area contributed by atoms with E-state index in [-0.39, 0.29) is 40.9 Å². The van der Waals surface area contributed by atoms with Crippen molar-refractivity contribution in [3.63, 3.8) is 0 Å². The van der Waals surface area contributed by atoms with Crippen molar-refractivity contribution in [1.82, 2.24) is 20.2 Å². The summed E-state index contributed by atoms with van der Waals surface area (Å²) in [6.07, 6.45) is 6.75. The first kappa shape index (κ1) is 31.8. The molecule has 48 heavy (non-hydrogen) atoms. The van der Waals surface area contributed by atoms with E-state index in [0.29, 0.717) is 45.6 Å². The van der Waals surface area contributed by atoms with E-state index in [4.69, 9.17) is 4.74 Å². The predicted molar refractivity (Wildman–Crippen MR) is 183 cm³/mol. The minimum Gasteiger partial charge on any atom is -0.464 e. The van der Waals surface area contributed by atoms with Gasteiger partial charge in [0, 0.05) is 46.4 Å². The number of carbonyl (C=O) groups is 3. The lowest BCUT2D eigenvalue weighted by Crippen LogP contribution is -2.67. The zero-order chi connectivity index (χ0) is 33.8. The number of pyridine rings is 2. The highest BCUT2D eigenvalue weighted by molar-refractivity contribution is 5.95. The smallest absolute Gasteiger partial charge is 0.355 e. The van der Waals surface area contributed by atoms with E-state index in [1.165, 1.54) is 7.11 Å². The van der Waals surface area contributed by atoms with E-state index in [1.807, 2.05) is 63.2 Å². The number of aromatic nitrogens is 2. The summed E-state index contributed by atoms with van der Waals surface area (Å²) in [5.74, 6) is 0.608. The molecule has 4 saturated carbocycles. The predicted octanol–water partition coefficient (Wildman–Crippen LogP) is 5.60. The van der Waals surface area contributed by atoms with Gasteiger partial charge in [-0.3, -0.25) is 19.0 Å². The molecule has 4 unspecified atom stereocenters. The van der Waals surface area contributed by atoms with Gasteiger partial charge in [0.2, 0.25) is 5.91 Å². The Morgan fingerprint density at radius 2 is 1.62 bits per heavy atom. The van der Waals surface area contributed by atoms with Crippen LogP contribution in [-0.2, 0) is 16.0 Å². The fourth-order valence-corrected chi connectivity index (χ4v) is 8.62. The van der Waals surface area contributed by atoms with Gasteiger partial charge in [0.05, 0.1) is 12.5 Å². The van der Waals surface area contributed by atoms with Crippen LogP contribution >= 0.6 is 0 Å². The Balaban J connectivity index is 1.13. The highest BCUT2D eigenvalue weighted by Gasteiger charge is 2.56. The molecule has 8 rings (SSSR count). The highest BCUT2D eigenvalue weighted by atomic mass is 16.5. The third-order valence-electron chi connectivity index (χ3n) is 10.6. The molecule has 4 fully saturated rings. The minimum absolute atomic E-state index is 0.0821. The van der Waals surface area contributed by atoms with Gasteiger partial charge in [0.15, 0.2) is 5.43 Å². The molecule has 4 aromatic rings. The first-order valence-corrected chi connectivity index (χ1v) is 16.8. The second-order valence-corrected chi connectivity index (χ2v) is 15.0. The molecule has 0 saturated heterocycles. The number of nitrogens with zero attached hydrogens (tertiary/aromatic N) is 2. The van der Waals surface area contributed by atoms with E-state index >= 15 is 0 Å². The maximum atomic E-state index is 13.9. The molecule has 2 aromatic heterocycles. The van der Waals surface area contributed by atoms with Gasteiger partial charge < -0.3 is 15.4 Å². The Morgan fingerprint density at radius 3 is 2.27 bits per heavy atom. The molecule has 248 valence electrons. The SMILES string of the molecule is COC(=O)c1c(Cc2ccc(C(=O)NC3C4CC5C[C@@H]3CC(NC(=O)C(C)(C)C)(C5)C4)cc2)c(=O)c2cccnc2n1-c1ccccc1. The van der Waals surface area contributed by atoms with Crippen molar-refractivity contribution in [3.05, 3.63) is 106 Å². The number of carbonyl (C=O) groups excluding carboxylic acids is 3. The topological polar surface area (TPSA) is 119 Å². The lowest BCUT2D eigenvalue weighted by Gasteiger charge is -2.60. The second-order valence-electron chi connectivity index (χ2n) is 15.0. The lowest BCUT2D eigenvalue weighted by atomic mass is 9.51. The van der Waals surface area contributed by atoms with Crippen molar-refractivity contribution in [2.75, 3.05) is 7.11 Å². The molecule has 4 aliphatic rings. The molecular weight excluding hydrogens is 604 g/mol. The van der Waals surface area contributed by atoms with Crippen LogP contribution in [0, 0.1) is 23.2 Å². The number of hydrogen-bond acceptors (Lipinski definition) is 6. The van der Waals surface area contributed by atoms with Crippen LogP contribution in [-0.4, -0.2) is 46.0 Å². The molecular formula is C39H42N4O5. The van der Waals surface area contributed by atoms with Crippen molar-refractivity contribution < 1.29 is 19.1 Å². The number of para-hydroxylation sites is 1. The third-order valence-corrected chi connectivity index (χ3v) is 10.6. The Kier molecular flexibility index (Phi) is 7.96. The zero-order valence-corrected chi connectivity index (χ0v) is 27.9. The molecule has 0 radical (unpaired) electrons. The highest BCUT2D eigenvalue weighted by Crippen LogP contribution is 2.56. The number of methoxy groups -OCH3 is 1. The van der Waals surface area contributed by atoms with Crippen LogP contribution in [0.15, 0.2) is 77.7 Å². The molecule has 4 aliphatic carbocycles. The largest absolute Gasteiger partial charge is 0.464 e. The number of ether oxygens (including phenoxy) is 1. The van der Waals surface area contributed by atoms with Gasteiger partial charge in [-0.2, -0.15) is 0 Å². The first-order valence-electron chi connectivity index (χ1n) is 16.8. The molecule has 5 atom stereocenters. The zero-order valence-electron chi connectivity index (χ0n) is 27.9. The fraction of sp³-hybridized carbons (Fsp3) is 0.410. The number of fused-ring (bicyclic) bond motifs is 1. The van der Waals surface area contributed by atoms with Crippen molar-refractivity contribution in [3.8, 4) is 5.69 Å². The van der Waals surface area contributed by atoms with Crippen molar-refractivity contribution in [1.29, 1.82) is 0 Å². The molecule has 4 bridgehead atoms. The summed E-state index contributed by atoms with van der Waals surface area (Å²) in [6, 6.07) is 20.0. The summed E-state index contributed by atoms with van der Waals surface area (Å²) >= 11 is 0. The van der Waals surface area contributed by atoms with Gasteiger partial charge in [-0.05, 0) is 91.8 Å². The van der Waals surface area contributed by atoms with Crippen molar-refractivity contribution >= 4 is 28.8 Å². The Morgan fingerprint density at radius 1 is 0.938 bits per heavy atom. The summed E-state index contributed by atoms with van der Waals surface area (Å²) in [5, 5.41) is 7.19. The van der Waals surface area contributed by atoms with Gasteiger partial charge in [-0.15, -0.1) is 0 Å². The summed E-state index contributed by atoms with van der Waals surface area (Å²) in [6.45, 7) is 5.86. The monoisotopic (exact) mass is 646 g/mol. The van der Waals surface area contributed by atoms with Crippen LogP contribution in [0.3, 0.4) is 0 Å². The number of rotatable bonds is 7. The van der Waals surface area contributed by atoms with E-state index < -0.39 is 11.4 Å². The van der Waals surface area contributed by atoms with Crippen LogP contribution < -0.4 is 16.1 Å². The van der Waals surface area contributed by atoms with Gasteiger partial charge in [-0.25, -0.2) is 9.78 Å². The van der Waals surface area contributed by atoms with Gasteiger partial charge >= 0.3 is 5.97 Å². The Labute approximate surface area is 280 Å². The number of benzene rings is 2.